The van der Waals surface area contributed by atoms with Gasteiger partial charge in [0.25, 0.3) is 0 Å². The van der Waals surface area contributed by atoms with Crippen LogP contribution in [0.15, 0.2) is 18.3 Å². The maximum absolute atomic E-state index is 11.5. The van der Waals surface area contributed by atoms with E-state index in [2.05, 4.69) is 24.1 Å². The minimum atomic E-state index is -0.498. The zero-order valence-electron chi connectivity index (χ0n) is 11.1. The average molecular weight is 236 g/mol. The van der Waals surface area contributed by atoms with E-state index in [1.54, 1.807) is 12.3 Å². The fourth-order valence-electron chi connectivity index (χ4n) is 1.23. The molecule has 0 fully saturated rings. The predicted octanol–water partition coefficient (Wildman–Crippen LogP) is 3.55. The Bertz CT molecular complexity index is 377. The number of nitrogens with one attached hydrogen (secondary N) is 1. The molecule has 4 nitrogen and oxygen atoms in total. The number of pyridine rings is 1. The summed E-state index contributed by atoms with van der Waals surface area (Å²) in [6.07, 6.45) is 1.28. The van der Waals surface area contributed by atoms with Crippen LogP contribution in [0.3, 0.4) is 0 Å². The summed E-state index contributed by atoms with van der Waals surface area (Å²) in [4.78, 5) is 15.6. The lowest BCUT2D eigenvalue weighted by Gasteiger charge is -2.19. The fraction of sp³-hybridized carbons (Fsp3) is 0.538. The number of hydrogen-bond acceptors (Lipinski definition) is 3. The molecule has 0 unspecified atom stereocenters. The zero-order valence-corrected chi connectivity index (χ0v) is 11.1. The minimum Gasteiger partial charge on any atom is -0.444 e. The van der Waals surface area contributed by atoms with Crippen molar-refractivity contribution in [1.82, 2.24) is 4.98 Å². The maximum atomic E-state index is 11.5. The van der Waals surface area contributed by atoms with Crippen LogP contribution in [0.5, 0.6) is 0 Å². The molecule has 1 rings (SSSR count). The van der Waals surface area contributed by atoms with E-state index in [0.29, 0.717) is 11.7 Å². The number of rotatable bonds is 2. The van der Waals surface area contributed by atoms with E-state index in [0.717, 1.165) is 5.56 Å². The first kappa shape index (κ1) is 13.5. The summed E-state index contributed by atoms with van der Waals surface area (Å²) >= 11 is 0. The number of ether oxygens (including phenoxy) is 1. The molecule has 0 aliphatic heterocycles. The molecule has 0 atom stereocenters. The third-order valence-electron chi connectivity index (χ3n) is 2.08. The van der Waals surface area contributed by atoms with Crippen LogP contribution in [-0.4, -0.2) is 16.7 Å². The van der Waals surface area contributed by atoms with Crippen LogP contribution < -0.4 is 5.32 Å². The quantitative estimate of drug-likeness (QED) is 0.854. The molecule has 0 aliphatic carbocycles. The molecule has 4 heteroatoms. The lowest BCUT2D eigenvalue weighted by Crippen LogP contribution is -2.27. The van der Waals surface area contributed by atoms with Gasteiger partial charge in [0.1, 0.15) is 11.4 Å². The molecular formula is C13H20N2O2. The van der Waals surface area contributed by atoms with Crippen molar-refractivity contribution < 1.29 is 9.53 Å². The molecule has 0 bridgehead atoms. The van der Waals surface area contributed by atoms with Crippen molar-refractivity contribution >= 4 is 11.9 Å². The standard InChI is InChI=1S/C13H20N2O2/c1-9(2)10-6-7-11(14-8-10)15-12(16)17-13(3,4)5/h6-9H,1-5H3,(H,14,15,16). The topological polar surface area (TPSA) is 51.2 Å². The molecule has 1 aromatic heterocycles. The van der Waals surface area contributed by atoms with Crippen LogP contribution in [-0.2, 0) is 4.74 Å². The normalized spacial score (nSPS) is 11.4. The Morgan fingerprint density at radius 2 is 2.00 bits per heavy atom. The lowest BCUT2D eigenvalue weighted by molar-refractivity contribution is 0.0635. The first-order valence-corrected chi connectivity index (χ1v) is 5.74. The van der Waals surface area contributed by atoms with Gasteiger partial charge < -0.3 is 4.74 Å². The molecular weight excluding hydrogens is 216 g/mol. The second-order valence-electron chi connectivity index (χ2n) is 5.26. The van der Waals surface area contributed by atoms with Crippen LogP contribution >= 0.6 is 0 Å². The predicted molar refractivity (Wildman–Crippen MR) is 68.2 cm³/mol. The van der Waals surface area contributed by atoms with Gasteiger partial charge in [0.05, 0.1) is 0 Å². The highest BCUT2D eigenvalue weighted by molar-refractivity contribution is 5.83. The fourth-order valence-corrected chi connectivity index (χ4v) is 1.23. The van der Waals surface area contributed by atoms with E-state index in [4.69, 9.17) is 4.74 Å². The molecule has 17 heavy (non-hydrogen) atoms. The van der Waals surface area contributed by atoms with Crippen molar-refractivity contribution in [2.45, 2.75) is 46.1 Å². The number of aromatic nitrogens is 1. The van der Waals surface area contributed by atoms with E-state index >= 15 is 0 Å². The Labute approximate surface area is 102 Å². The number of hydrogen-bond donors (Lipinski definition) is 1. The molecule has 0 spiro atoms. The second kappa shape index (κ2) is 5.17. The Kier molecular flexibility index (Phi) is 4.10. The van der Waals surface area contributed by atoms with E-state index in [1.807, 2.05) is 26.8 Å². The second-order valence-corrected chi connectivity index (χ2v) is 5.26. The summed E-state index contributed by atoms with van der Waals surface area (Å²) in [6, 6.07) is 3.73. The first-order chi connectivity index (χ1) is 7.78. The summed E-state index contributed by atoms with van der Waals surface area (Å²) in [6.45, 7) is 9.65. The van der Waals surface area contributed by atoms with Crippen LogP contribution in [0.2, 0.25) is 0 Å². The van der Waals surface area contributed by atoms with Crippen LogP contribution in [0.25, 0.3) is 0 Å². The molecule has 1 aromatic rings. The molecule has 1 amide bonds. The number of carbonyl (C=O) groups excluding carboxylic acids is 1. The molecule has 0 aromatic carbocycles. The highest BCUT2D eigenvalue weighted by Crippen LogP contribution is 2.15. The third-order valence-corrected chi connectivity index (χ3v) is 2.08. The van der Waals surface area contributed by atoms with Gasteiger partial charge in [-0.25, -0.2) is 9.78 Å². The molecule has 0 aliphatic rings. The Morgan fingerprint density at radius 1 is 1.35 bits per heavy atom. The molecule has 94 valence electrons. The van der Waals surface area contributed by atoms with Gasteiger partial charge in [0.2, 0.25) is 0 Å². The number of nitrogens with zero attached hydrogens (tertiary/aromatic N) is 1. The van der Waals surface area contributed by atoms with Crippen molar-refractivity contribution in [1.29, 1.82) is 0 Å². The van der Waals surface area contributed by atoms with Gasteiger partial charge in [0, 0.05) is 6.20 Å². The molecule has 1 N–H and O–H groups in total. The summed E-state index contributed by atoms with van der Waals surface area (Å²) in [5, 5.41) is 2.59. The summed E-state index contributed by atoms with van der Waals surface area (Å²) < 4.78 is 5.13. The van der Waals surface area contributed by atoms with Crippen LogP contribution in [0.1, 0.15) is 46.1 Å². The zero-order chi connectivity index (χ0) is 13.1. The Morgan fingerprint density at radius 3 is 2.41 bits per heavy atom. The lowest BCUT2D eigenvalue weighted by atomic mass is 10.1. The van der Waals surface area contributed by atoms with E-state index in [1.165, 1.54) is 0 Å². The van der Waals surface area contributed by atoms with Gasteiger partial charge in [0.15, 0.2) is 0 Å². The highest BCUT2D eigenvalue weighted by atomic mass is 16.6. The molecule has 1 heterocycles. The summed E-state index contributed by atoms with van der Waals surface area (Å²) in [5.74, 6) is 0.932. The SMILES string of the molecule is CC(C)c1ccc(NC(=O)OC(C)(C)C)nc1. The monoisotopic (exact) mass is 236 g/mol. The maximum Gasteiger partial charge on any atom is 0.413 e. The van der Waals surface area contributed by atoms with Crippen molar-refractivity contribution in [2.75, 3.05) is 5.32 Å². The van der Waals surface area contributed by atoms with Crippen molar-refractivity contribution in [3.63, 3.8) is 0 Å². The Hall–Kier alpha value is -1.58. The van der Waals surface area contributed by atoms with E-state index in [9.17, 15) is 4.79 Å². The van der Waals surface area contributed by atoms with Gasteiger partial charge in [-0.3, -0.25) is 5.32 Å². The van der Waals surface area contributed by atoms with E-state index < -0.39 is 11.7 Å². The van der Waals surface area contributed by atoms with Gasteiger partial charge in [-0.2, -0.15) is 0 Å². The summed E-state index contributed by atoms with van der Waals surface area (Å²) in [5.41, 5.74) is 0.641. The number of amides is 1. The molecule has 0 saturated heterocycles. The van der Waals surface area contributed by atoms with Crippen LogP contribution in [0.4, 0.5) is 10.6 Å². The van der Waals surface area contributed by atoms with Gasteiger partial charge >= 0.3 is 6.09 Å². The van der Waals surface area contributed by atoms with E-state index in [-0.39, 0.29) is 0 Å². The Balaban J connectivity index is 2.61. The van der Waals surface area contributed by atoms with Crippen molar-refractivity contribution in [3.8, 4) is 0 Å². The van der Waals surface area contributed by atoms with Crippen molar-refractivity contribution in [2.24, 2.45) is 0 Å². The number of carbonyl (C=O) groups is 1. The largest absolute Gasteiger partial charge is 0.444 e. The smallest absolute Gasteiger partial charge is 0.413 e. The third kappa shape index (κ3) is 4.85. The van der Waals surface area contributed by atoms with Gasteiger partial charge in [-0.15, -0.1) is 0 Å². The highest BCUT2D eigenvalue weighted by Gasteiger charge is 2.16. The molecule has 0 radical (unpaired) electrons. The average Bonchev–Trinajstić information content (AvgIpc) is 2.15. The first-order valence-electron chi connectivity index (χ1n) is 5.74. The molecule has 0 saturated carbocycles. The minimum absolute atomic E-state index is 0.429. The van der Waals surface area contributed by atoms with Gasteiger partial charge in [-0.1, -0.05) is 19.9 Å². The van der Waals surface area contributed by atoms with Crippen LogP contribution in [0, 0.1) is 0 Å². The van der Waals surface area contributed by atoms with Gasteiger partial charge in [-0.05, 0) is 38.3 Å². The number of anilines is 1. The van der Waals surface area contributed by atoms with Crippen molar-refractivity contribution in [3.05, 3.63) is 23.9 Å². The summed E-state index contributed by atoms with van der Waals surface area (Å²) in [7, 11) is 0.